The molecule has 0 radical (unpaired) electrons. The summed E-state index contributed by atoms with van der Waals surface area (Å²) in [6.45, 7) is 2.80. The number of hydrogen-bond donors (Lipinski definition) is 0. The highest BCUT2D eigenvalue weighted by atomic mass is 16.7. The molecule has 2 aromatic carbocycles. The summed E-state index contributed by atoms with van der Waals surface area (Å²) < 4.78 is 0. The van der Waals surface area contributed by atoms with Gasteiger partial charge in [-0.1, -0.05) is 61.4 Å². The van der Waals surface area contributed by atoms with Crippen LogP contribution in [0, 0.1) is 17.8 Å². The molecule has 112 valence electrons. The quantitative estimate of drug-likeness (QED) is 0.766. The Kier molecular flexibility index (Phi) is 4.78. The van der Waals surface area contributed by atoms with E-state index in [1.165, 1.54) is 5.56 Å². The van der Waals surface area contributed by atoms with Crippen LogP contribution in [-0.2, 0) is 4.84 Å². The molecule has 1 aliphatic rings. The van der Waals surface area contributed by atoms with Crippen LogP contribution in [-0.4, -0.2) is 6.61 Å². The van der Waals surface area contributed by atoms with E-state index < -0.39 is 0 Å². The van der Waals surface area contributed by atoms with Gasteiger partial charge >= 0.3 is 0 Å². The van der Waals surface area contributed by atoms with E-state index in [0.717, 1.165) is 18.5 Å². The van der Waals surface area contributed by atoms with Crippen molar-refractivity contribution in [2.24, 2.45) is 5.92 Å². The summed E-state index contributed by atoms with van der Waals surface area (Å²) in [5.74, 6) is 6.91. The number of rotatable bonds is 3. The zero-order valence-corrected chi connectivity index (χ0v) is 12.9. The summed E-state index contributed by atoms with van der Waals surface area (Å²) in [7, 11) is 0. The predicted molar refractivity (Wildman–Crippen MR) is 90.2 cm³/mol. The third-order valence-corrected chi connectivity index (χ3v) is 3.84. The molecule has 1 heterocycles. The lowest BCUT2D eigenvalue weighted by Gasteiger charge is -2.26. The molecule has 1 saturated heterocycles. The topological polar surface area (TPSA) is 12.5 Å². The largest absolute Gasteiger partial charge is 0.271 e. The first-order valence-electron chi connectivity index (χ1n) is 7.90. The monoisotopic (exact) mass is 291 g/mol. The first kappa shape index (κ1) is 14.7. The van der Waals surface area contributed by atoms with Gasteiger partial charge in [0.2, 0.25) is 0 Å². The minimum atomic E-state index is 0.146. The molecule has 0 bridgehead atoms. The standard InChI is InChI=1S/C20H21NO/c1-2-3-6-13-18-16-22-21(19-14-9-5-10-15-19)20(18)17-11-7-4-8-12-17/h4-5,7-12,14-15,18,20H,2-3,16H2,1H3/t18-,20-/m0/s1. The Balaban J connectivity index is 1.93. The van der Waals surface area contributed by atoms with E-state index >= 15 is 0 Å². The average molecular weight is 291 g/mol. The van der Waals surface area contributed by atoms with Gasteiger partial charge in [-0.15, -0.1) is 5.92 Å². The lowest BCUT2D eigenvalue weighted by atomic mass is 9.94. The van der Waals surface area contributed by atoms with Gasteiger partial charge in [-0.05, 0) is 24.1 Å². The van der Waals surface area contributed by atoms with Crippen molar-refractivity contribution in [2.75, 3.05) is 11.7 Å². The van der Waals surface area contributed by atoms with Crippen molar-refractivity contribution in [3.63, 3.8) is 0 Å². The Morgan fingerprint density at radius 3 is 2.41 bits per heavy atom. The second-order valence-corrected chi connectivity index (χ2v) is 5.49. The van der Waals surface area contributed by atoms with Crippen LogP contribution < -0.4 is 5.06 Å². The minimum absolute atomic E-state index is 0.146. The molecule has 0 spiro atoms. The summed E-state index contributed by atoms with van der Waals surface area (Å²) in [5.41, 5.74) is 2.33. The van der Waals surface area contributed by atoms with Crippen LogP contribution in [0.4, 0.5) is 5.69 Å². The van der Waals surface area contributed by atoms with Gasteiger partial charge in [0.25, 0.3) is 0 Å². The van der Waals surface area contributed by atoms with Crippen molar-refractivity contribution in [1.29, 1.82) is 0 Å². The van der Waals surface area contributed by atoms with E-state index in [1.54, 1.807) is 0 Å². The molecule has 22 heavy (non-hydrogen) atoms. The Morgan fingerprint density at radius 2 is 1.73 bits per heavy atom. The summed E-state index contributed by atoms with van der Waals surface area (Å²) >= 11 is 0. The number of unbranched alkanes of at least 4 members (excludes halogenated alkanes) is 1. The van der Waals surface area contributed by atoms with Crippen molar-refractivity contribution in [1.82, 2.24) is 0 Å². The summed E-state index contributed by atoms with van der Waals surface area (Å²) in [5, 5.41) is 2.01. The molecule has 0 aromatic heterocycles. The van der Waals surface area contributed by atoms with Crippen LogP contribution in [0.2, 0.25) is 0 Å². The van der Waals surface area contributed by atoms with Gasteiger partial charge in [-0.25, -0.2) is 5.06 Å². The highest BCUT2D eigenvalue weighted by Crippen LogP contribution is 2.38. The van der Waals surface area contributed by atoms with Crippen LogP contribution in [0.15, 0.2) is 60.7 Å². The molecule has 3 rings (SSSR count). The Bertz CT molecular complexity index is 642. The molecule has 2 heteroatoms. The summed E-state index contributed by atoms with van der Waals surface area (Å²) in [6, 6.07) is 20.9. The highest BCUT2D eigenvalue weighted by Gasteiger charge is 2.36. The molecular weight excluding hydrogens is 270 g/mol. The number of hydroxylamine groups is 1. The van der Waals surface area contributed by atoms with Crippen LogP contribution >= 0.6 is 0 Å². The zero-order chi connectivity index (χ0) is 15.2. The fourth-order valence-electron chi connectivity index (χ4n) is 2.77. The van der Waals surface area contributed by atoms with E-state index in [0.29, 0.717) is 6.61 Å². The lowest BCUT2D eigenvalue weighted by molar-refractivity contribution is 0.156. The maximum absolute atomic E-state index is 5.98. The molecule has 2 atom stereocenters. The van der Waals surface area contributed by atoms with E-state index in [2.05, 4.69) is 55.2 Å². The molecule has 0 N–H and O–H groups in total. The maximum Gasteiger partial charge on any atom is 0.0975 e. The van der Waals surface area contributed by atoms with Crippen molar-refractivity contribution in [3.8, 4) is 11.8 Å². The van der Waals surface area contributed by atoms with E-state index in [9.17, 15) is 0 Å². The molecule has 0 amide bonds. The van der Waals surface area contributed by atoms with Gasteiger partial charge in [0, 0.05) is 6.42 Å². The molecule has 1 aliphatic heterocycles. The number of para-hydroxylation sites is 1. The molecule has 2 aromatic rings. The molecule has 0 aliphatic carbocycles. The van der Waals surface area contributed by atoms with Crippen LogP contribution in [0.1, 0.15) is 31.4 Å². The summed E-state index contributed by atoms with van der Waals surface area (Å²) in [6.07, 6.45) is 2.04. The molecular formula is C20H21NO. The lowest BCUT2D eigenvalue weighted by Crippen LogP contribution is -2.23. The summed E-state index contributed by atoms with van der Waals surface area (Å²) in [4.78, 5) is 5.98. The van der Waals surface area contributed by atoms with Gasteiger partial charge in [0.05, 0.1) is 24.3 Å². The van der Waals surface area contributed by atoms with Crippen LogP contribution in [0.25, 0.3) is 0 Å². The number of nitrogens with zero attached hydrogens (tertiary/aromatic N) is 1. The van der Waals surface area contributed by atoms with Gasteiger partial charge in [0.15, 0.2) is 0 Å². The normalized spacial score (nSPS) is 20.5. The van der Waals surface area contributed by atoms with Crippen LogP contribution in [0.3, 0.4) is 0 Å². The molecule has 2 nitrogen and oxygen atoms in total. The SMILES string of the molecule is CCCC#C[C@H]1CON(c2ccccc2)[C@H]1c1ccccc1. The van der Waals surface area contributed by atoms with Gasteiger partial charge in [-0.2, -0.15) is 0 Å². The highest BCUT2D eigenvalue weighted by molar-refractivity contribution is 5.48. The molecule has 0 unspecified atom stereocenters. The minimum Gasteiger partial charge on any atom is -0.271 e. The smallest absolute Gasteiger partial charge is 0.0975 e. The number of benzene rings is 2. The van der Waals surface area contributed by atoms with Crippen molar-refractivity contribution in [3.05, 3.63) is 66.2 Å². The van der Waals surface area contributed by atoms with Gasteiger partial charge in [-0.3, -0.25) is 4.84 Å². The van der Waals surface area contributed by atoms with Crippen LogP contribution in [0.5, 0.6) is 0 Å². The second kappa shape index (κ2) is 7.15. The van der Waals surface area contributed by atoms with Crippen molar-refractivity contribution in [2.45, 2.75) is 25.8 Å². The Hall–Kier alpha value is -2.24. The second-order valence-electron chi connectivity index (χ2n) is 5.49. The fourth-order valence-corrected chi connectivity index (χ4v) is 2.77. The molecule has 0 saturated carbocycles. The van der Waals surface area contributed by atoms with E-state index in [-0.39, 0.29) is 12.0 Å². The third-order valence-electron chi connectivity index (χ3n) is 3.84. The Morgan fingerprint density at radius 1 is 1.05 bits per heavy atom. The number of anilines is 1. The maximum atomic E-state index is 5.98. The third kappa shape index (κ3) is 3.16. The van der Waals surface area contributed by atoms with Gasteiger partial charge in [0.1, 0.15) is 0 Å². The first-order valence-corrected chi connectivity index (χ1v) is 7.90. The first-order chi connectivity index (χ1) is 10.9. The fraction of sp³-hybridized carbons (Fsp3) is 0.300. The average Bonchev–Trinajstić information content (AvgIpc) is 3.01. The van der Waals surface area contributed by atoms with Crippen molar-refractivity contribution >= 4 is 5.69 Å². The molecule has 1 fully saturated rings. The Labute approximate surface area is 132 Å². The van der Waals surface area contributed by atoms with E-state index in [4.69, 9.17) is 4.84 Å². The van der Waals surface area contributed by atoms with Crippen molar-refractivity contribution < 1.29 is 4.84 Å². The predicted octanol–water partition coefficient (Wildman–Crippen LogP) is 4.60. The van der Waals surface area contributed by atoms with Gasteiger partial charge < -0.3 is 0 Å². The van der Waals surface area contributed by atoms with E-state index in [1.807, 2.05) is 29.3 Å². The zero-order valence-electron chi connectivity index (χ0n) is 12.9. The number of hydrogen-bond acceptors (Lipinski definition) is 2.